The van der Waals surface area contributed by atoms with Gasteiger partial charge in [0.15, 0.2) is 0 Å². The van der Waals surface area contributed by atoms with Crippen LogP contribution in [0, 0.1) is 31.4 Å². The molecule has 1 N–H and O–H groups in total. The normalized spacial score (nSPS) is 19.5. The number of benzene rings is 2. The van der Waals surface area contributed by atoms with Gasteiger partial charge in [-0.3, -0.25) is 14.4 Å². The van der Waals surface area contributed by atoms with Crippen LogP contribution in [0.4, 0.5) is 8.78 Å². The Kier molecular flexibility index (Phi) is 8.84. The Morgan fingerprint density at radius 3 is 2.52 bits per heavy atom. The molecule has 3 aromatic rings. The molecule has 0 spiro atoms. The number of aromatic nitrogens is 1. The van der Waals surface area contributed by atoms with Crippen LogP contribution in [-0.4, -0.2) is 72.0 Å². The molecule has 1 aromatic heterocycles. The van der Waals surface area contributed by atoms with Crippen molar-refractivity contribution in [2.24, 2.45) is 5.92 Å². The summed E-state index contributed by atoms with van der Waals surface area (Å²) >= 11 is 0. The van der Waals surface area contributed by atoms with Gasteiger partial charge in [-0.25, -0.2) is 8.78 Å². The molecular formula is C31H34F2N4O5. The van der Waals surface area contributed by atoms with Crippen molar-refractivity contribution in [3.8, 4) is 5.75 Å². The molecule has 2 aliphatic heterocycles. The molecule has 222 valence electrons. The molecule has 0 unspecified atom stereocenters. The minimum atomic E-state index is -0.843. The SMILES string of the molecule is Cc1noc(C)c1CCC(=O)N1CCCOc2cccc(c2)[C@H]2CN(C(=O)c3cc(F)cc(F)c3)C[C@@H]2C(=O)NCC1. The fourth-order valence-electron chi connectivity index (χ4n) is 5.77. The van der Waals surface area contributed by atoms with Crippen LogP contribution in [0.25, 0.3) is 0 Å². The maximum atomic E-state index is 13.8. The zero-order valence-electron chi connectivity index (χ0n) is 23.7. The number of hydrogen-bond donors (Lipinski definition) is 1. The lowest BCUT2D eigenvalue weighted by atomic mass is 9.88. The molecule has 2 atom stereocenters. The maximum absolute atomic E-state index is 13.8. The molecule has 11 heteroatoms. The van der Waals surface area contributed by atoms with Crippen molar-refractivity contribution in [1.29, 1.82) is 0 Å². The Morgan fingerprint density at radius 1 is 1.02 bits per heavy atom. The minimum Gasteiger partial charge on any atom is -0.494 e. The van der Waals surface area contributed by atoms with E-state index in [1.165, 1.54) is 4.90 Å². The predicted octanol–water partition coefficient (Wildman–Crippen LogP) is 3.79. The van der Waals surface area contributed by atoms with Crippen molar-refractivity contribution in [3.63, 3.8) is 0 Å². The number of hydrogen-bond acceptors (Lipinski definition) is 6. The summed E-state index contributed by atoms with van der Waals surface area (Å²) in [6.45, 7) is 5.38. The lowest BCUT2D eigenvalue weighted by molar-refractivity contribution is -0.132. The Labute approximate surface area is 242 Å². The highest BCUT2D eigenvalue weighted by molar-refractivity contribution is 5.95. The number of carbonyl (C=O) groups excluding carboxylic acids is 3. The Hall–Kier alpha value is -4.28. The van der Waals surface area contributed by atoms with E-state index in [-0.39, 0.29) is 49.4 Å². The summed E-state index contributed by atoms with van der Waals surface area (Å²) in [6.07, 6.45) is 1.39. The Bertz CT molecular complexity index is 1440. The number of nitrogens with zero attached hydrogens (tertiary/aromatic N) is 3. The first-order chi connectivity index (χ1) is 20.2. The van der Waals surface area contributed by atoms with E-state index in [1.54, 1.807) is 4.90 Å². The number of carbonyl (C=O) groups is 3. The average Bonchev–Trinajstić information content (AvgIpc) is 3.55. The number of nitrogens with one attached hydrogen (secondary N) is 1. The second-order valence-corrected chi connectivity index (χ2v) is 10.8. The van der Waals surface area contributed by atoms with Crippen LogP contribution in [0.15, 0.2) is 47.0 Å². The van der Waals surface area contributed by atoms with Gasteiger partial charge >= 0.3 is 0 Å². The summed E-state index contributed by atoms with van der Waals surface area (Å²) in [4.78, 5) is 43.1. The lowest BCUT2D eigenvalue weighted by Gasteiger charge is -2.25. The first-order valence-electron chi connectivity index (χ1n) is 14.1. The van der Waals surface area contributed by atoms with Crippen molar-refractivity contribution >= 4 is 17.7 Å². The molecular weight excluding hydrogens is 546 g/mol. The third-order valence-corrected chi connectivity index (χ3v) is 7.98. The summed E-state index contributed by atoms with van der Waals surface area (Å²) in [5.74, 6) is -2.17. The zero-order chi connectivity index (χ0) is 29.8. The van der Waals surface area contributed by atoms with Crippen molar-refractivity contribution < 1.29 is 32.4 Å². The number of rotatable bonds is 4. The standard InChI is InChI=1S/C31H34F2N4O5/c1-19-26(20(2)42-35-19)7-8-29(38)36-10-4-12-41-25-6-3-5-21(15-25)27-17-37(18-28(27)30(39)34-9-11-36)31(40)22-13-23(32)16-24(33)14-22/h3,5-6,13-16,27-28H,4,7-12,17-18H2,1-2H3,(H,34,39)/t27-,28+/m1/s1. The summed E-state index contributed by atoms with van der Waals surface area (Å²) < 4.78 is 38.9. The fourth-order valence-corrected chi connectivity index (χ4v) is 5.77. The molecule has 9 nitrogen and oxygen atoms in total. The molecule has 3 amide bonds. The van der Waals surface area contributed by atoms with Crippen LogP contribution >= 0.6 is 0 Å². The molecule has 0 aliphatic carbocycles. The number of halogens is 2. The van der Waals surface area contributed by atoms with Gasteiger partial charge in [0, 0.05) is 62.3 Å². The number of amides is 3. The first kappa shape index (κ1) is 29.2. The molecule has 3 heterocycles. The Morgan fingerprint density at radius 2 is 1.79 bits per heavy atom. The van der Waals surface area contributed by atoms with Crippen LogP contribution in [0.2, 0.25) is 0 Å². The Balaban J connectivity index is 1.32. The maximum Gasteiger partial charge on any atom is 0.254 e. The second kappa shape index (κ2) is 12.7. The van der Waals surface area contributed by atoms with E-state index in [0.717, 1.165) is 29.0 Å². The van der Waals surface area contributed by atoms with Gasteiger partial charge in [-0.1, -0.05) is 17.3 Å². The van der Waals surface area contributed by atoms with Gasteiger partial charge in [0.05, 0.1) is 18.2 Å². The van der Waals surface area contributed by atoms with Crippen molar-refractivity contribution in [2.75, 3.05) is 39.3 Å². The number of fused-ring (bicyclic) bond motifs is 4. The topological polar surface area (TPSA) is 105 Å². The van der Waals surface area contributed by atoms with Crippen LogP contribution in [0.5, 0.6) is 5.75 Å². The molecule has 0 radical (unpaired) electrons. The van der Waals surface area contributed by atoms with Gasteiger partial charge in [-0.2, -0.15) is 0 Å². The zero-order valence-corrected chi connectivity index (χ0v) is 23.7. The van der Waals surface area contributed by atoms with Gasteiger partial charge in [0.1, 0.15) is 23.1 Å². The lowest BCUT2D eigenvalue weighted by Crippen LogP contribution is -2.42. The van der Waals surface area contributed by atoms with Crippen molar-refractivity contribution in [3.05, 3.63) is 82.2 Å². The van der Waals surface area contributed by atoms with E-state index >= 15 is 0 Å². The summed E-state index contributed by atoms with van der Waals surface area (Å²) in [5, 5.41) is 6.92. The minimum absolute atomic E-state index is 0.0452. The fraction of sp³-hybridized carbons (Fsp3) is 0.419. The van der Waals surface area contributed by atoms with Gasteiger partial charge in [-0.05, 0) is 56.5 Å². The molecule has 0 saturated carbocycles. The molecule has 42 heavy (non-hydrogen) atoms. The monoisotopic (exact) mass is 580 g/mol. The highest BCUT2D eigenvalue weighted by Gasteiger charge is 2.41. The highest BCUT2D eigenvalue weighted by Crippen LogP contribution is 2.35. The van der Waals surface area contributed by atoms with E-state index in [4.69, 9.17) is 9.26 Å². The van der Waals surface area contributed by atoms with Crippen LogP contribution in [0.3, 0.4) is 0 Å². The summed E-state index contributed by atoms with van der Waals surface area (Å²) in [7, 11) is 0. The largest absolute Gasteiger partial charge is 0.494 e. The van der Waals surface area contributed by atoms with Gasteiger partial charge in [0.2, 0.25) is 11.8 Å². The molecule has 2 aliphatic rings. The summed E-state index contributed by atoms with van der Waals surface area (Å²) in [6, 6.07) is 10.1. The van der Waals surface area contributed by atoms with Crippen molar-refractivity contribution in [1.82, 2.24) is 20.3 Å². The van der Waals surface area contributed by atoms with E-state index in [9.17, 15) is 23.2 Å². The molecule has 2 bridgehead atoms. The van der Waals surface area contributed by atoms with E-state index in [0.29, 0.717) is 50.1 Å². The van der Waals surface area contributed by atoms with Gasteiger partial charge in [-0.15, -0.1) is 0 Å². The van der Waals surface area contributed by atoms with E-state index in [1.807, 2.05) is 38.1 Å². The predicted molar refractivity (Wildman–Crippen MR) is 149 cm³/mol. The van der Waals surface area contributed by atoms with Crippen LogP contribution < -0.4 is 10.1 Å². The molecule has 1 saturated heterocycles. The summed E-state index contributed by atoms with van der Waals surface area (Å²) in [5.41, 5.74) is 2.42. The molecule has 1 fully saturated rings. The number of aryl methyl sites for hydroxylation is 2. The first-order valence-corrected chi connectivity index (χ1v) is 14.1. The number of ether oxygens (including phenoxy) is 1. The van der Waals surface area contributed by atoms with Gasteiger partial charge < -0.3 is 24.4 Å². The molecule has 2 aromatic carbocycles. The number of likely N-dealkylation sites (tertiary alicyclic amines) is 1. The highest BCUT2D eigenvalue weighted by atomic mass is 19.1. The average molecular weight is 581 g/mol. The molecule has 5 rings (SSSR count). The third kappa shape index (κ3) is 6.61. The van der Waals surface area contributed by atoms with Crippen molar-refractivity contribution in [2.45, 2.75) is 39.0 Å². The van der Waals surface area contributed by atoms with Crippen LogP contribution in [0.1, 0.15) is 51.7 Å². The second-order valence-electron chi connectivity index (χ2n) is 10.8. The third-order valence-electron chi connectivity index (χ3n) is 7.98. The van der Waals surface area contributed by atoms with E-state index < -0.39 is 23.5 Å². The van der Waals surface area contributed by atoms with Gasteiger partial charge in [0.25, 0.3) is 5.91 Å². The quantitative estimate of drug-likeness (QED) is 0.504. The van der Waals surface area contributed by atoms with E-state index in [2.05, 4.69) is 10.5 Å². The smallest absolute Gasteiger partial charge is 0.254 e. The van der Waals surface area contributed by atoms with Crippen LogP contribution in [-0.2, 0) is 16.0 Å².